The summed E-state index contributed by atoms with van der Waals surface area (Å²) in [6.45, 7) is 6.58. The molecule has 1 fully saturated rings. The minimum absolute atomic E-state index is 0.0673. The SMILES string of the molecule is CC1OCCC1NC(=O)[C@@H](N)C(C)C. The molecule has 14 heavy (non-hydrogen) atoms. The van der Waals surface area contributed by atoms with Gasteiger partial charge < -0.3 is 15.8 Å². The van der Waals surface area contributed by atoms with Gasteiger partial charge in [0, 0.05) is 6.61 Å². The third kappa shape index (κ3) is 2.69. The zero-order chi connectivity index (χ0) is 10.7. The first-order valence-corrected chi connectivity index (χ1v) is 5.20. The summed E-state index contributed by atoms with van der Waals surface area (Å²) in [6, 6.07) is -0.282. The van der Waals surface area contributed by atoms with Crippen molar-refractivity contribution in [2.24, 2.45) is 11.7 Å². The maximum Gasteiger partial charge on any atom is 0.237 e. The van der Waals surface area contributed by atoms with Gasteiger partial charge >= 0.3 is 0 Å². The van der Waals surface area contributed by atoms with E-state index < -0.39 is 6.04 Å². The number of carbonyl (C=O) groups is 1. The van der Waals surface area contributed by atoms with Crippen LogP contribution in [0.15, 0.2) is 0 Å². The van der Waals surface area contributed by atoms with Gasteiger partial charge in [-0.2, -0.15) is 0 Å². The predicted octanol–water partition coefficient (Wildman–Crippen LogP) is 0.263. The number of carbonyl (C=O) groups excluding carboxylic acids is 1. The van der Waals surface area contributed by atoms with Gasteiger partial charge in [-0.3, -0.25) is 4.79 Å². The van der Waals surface area contributed by atoms with Crippen LogP contribution >= 0.6 is 0 Å². The molecule has 4 nitrogen and oxygen atoms in total. The Kier molecular flexibility index (Phi) is 3.89. The molecular weight excluding hydrogens is 180 g/mol. The fraction of sp³-hybridized carbons (Fsp3) is 0.900. The highest BCUT2D eigenvalue weighted by Gasteiger charge is 2.28. The lowest BCUT2D eigenvalue weighted by atomic mass is 10.0. The molecule has 3 atom stereocenters. The Labute approximate surface area is 85.2 Å². The average Bonchev–Trinajstić information content (AvgIpc) is 2.50. The van der Waals surface area contributed by atoms with Crippen LogP contribution in [0.1, 0.15) is 27.2 Å². The van der Waals surface area contributed by atoms with Crippen molar-refractivity contribution in [1.82, 2.24) is 5.32 Å². The van der Waals surface area contributed by atoms with E-state index in [-0.39, 0.29) is 24.0 Å². The molecule has 1 saturated heterocycles. The van der Waals surface area contributed by atoms with E-state index in [0.29, 0.717) is 0 Å². The first-order chi connectivity index (χ1) is 6.52. The lowest BCUT2D eigenvalue weighted by molar-refractivity contribution is -0.124. The Hall–Kier alpha value is -0.610. The molecule has 0 bridgehead atoms. The van der Waals surface area contributed by atoms with Crippen LogP contribution in [0.25, 0.3) is 0 Å². The molecule has 0 aromatic carbocycles. The van der Waals surface area contributed by atoms with Crippen molar-refractivity contribution in [2.75, 3.05) is 6.61 Å². The van der Waals surface area contributed by atoms with Crippen molar-refractivity contribution in [2.45, 2.75) is 45.4 Å². The Morgan fingerprint density at radius 1 is 1.57 bits per heavy atom. The summed E-state index contributed by atoms with van der Waals surface area (Å²) in [4.78, 5) is 11.6. The molecule has 1 aliphatic heterocycles. The van der Waals surface area contributed by atoms with Gasteiger partial charge in [-0.1, -0.05) is 13.8 Å². The lowest BCUT2D eigenvalue weighted by Crippen LogP contribution is -2.49. The number of nitrogens with one attached hydrogen (secondary N) is 1. The van der Waals surface area contributed by atoms with E-state index in [1.54, 1.807) is 0 Å². The van der Waals surface area contributed by atoms with Crippen LogP contribution < -0.4 is 11.1 Å². The van der Waals surface area contributed by atoms with Crippen LogP contribution in [0.3, 0.4) is 0 Å². The molecule has 0 radical (unpaired) electrons. The first-order valence-electron chi connectivity index (χ1n) is 5.20. The quantitative estimate of drug-likeness (QED) is 0.687. The fourth-order valence-electron chi connectivity index (χ4n) is 1.50. The summed E-state index contributed by atoms with van der Waals surface area (Å²) < 4.78 is 5.35. The highest BCUT2D eigenvalue weighted by Crippen LogP contribution is 2.13. The van der Waals surface area contributed by atoms with Crippen molar-refractivity contribution >= 4 is 5.91 Å². The summed E-state index contributed by atoms with van der Waals surface area (Å²) in [5.74, 6) is 0.106. The molecule has 0 spiro atoms. The Balaban J connectivity index is 2.40. The summed E-state index contributed by atoms with van der Waals surface area (Å²) in [7, 11) is 0. The van der Waals surface area contributed by atoms with Gasteiger partial charge in [0.15, 0.2) is 0 Å². The van der Waals surface area contributed by atoms with Crippen LogP contribution in [0.5, 0.6) is 0 Å². The van der Waals surface area contributed by atoms with E-state index >= 15 is 0 Å². The van der Waals surface area contributed by atoms with Crippen molar-refractivity contribution in [1.29, 1.82) is 0 Å². The number of hydrogen-bond acceptors (Lipinski definition) is 3. The molecule has 2 unspecified atom stereocenters. The van der Waals surface area contributed by atoms with Gasteiger partial charge in [0.2, 0.25) is 5.91 Å². The number of nitrogens with two attached hydrogens (primary N) is 1. The highest BCUT2D eigenvalue weighted by molar-refractivity contribution is 5.82. The van der Waals surface area contributed by atoms with Crippen molar-refractivity contribution in [3.05, 3.63) is 0 Å². The number of hydrogen-bond donors (Lipinski definition) is 2. The van der Waals surface area contributed by atoms with Crippen LogP contribution in [0.4, 0.5) is 0 Å². The summed E-state index contributed by atoms with van der Waals surface area (Å²) >= 11 is 0. The molecule has 0 aromatic heterocycles. The molecule has 3 N–H and O–H groups in total. The van der Waals surface area contributed by atoms with E-state index in [2.05, 4.69) is 5.32 Å². The summed E-state index contributed by atoms with van der Waals surface area (Å²) in [5.41, 5.74) is 5.73. The van der Waals surface area contributed by atoms with Crippen LogP contribution in [0.2, 0.25) is 0 Å². The normalized spacial score (nSPS) is 29.2. The minimum Gasteiger partial charge on any atom is -0.376 e. The van der Waals surface area contributed by atoms with Crippen molar-refractivity contribution in [3.8, 4) is 0 Å². The van der Waals surface area contributed by atoms with Gasteiger partial charge in [-0.15, -0.1) is 0 Å². The zero-order valence-electron chi connectivity index (χ0n) is 9.12. The monoisotopic (exact) mass is 200 g/mol. The van der Waals surface area contributed by atoms with Crippen molar-refractivity contribution < 1.29 is 9.53 Å². The fourth-order valence-corrected chi connectivity index (χ4v) is 1.50. The smallest absolute Gasteiger partial charge is 0.237 e. The summed E-state index contributed by atoms with van der Waals surface area (Å²) in [6.07, 6.45) is 0.996. The summed E-state index contributed by atoms with van der Waals surface area (Å²) in [5, 5.41) is 2.92. The molecule has 0 saturated carbocycles. The van der Waals surface area contributed by atoms with Crippen LogP contribution in [0, 0.1) is 5.92 Å². The maximum atomic E-state index is 11.6. The van der Waals surface area contributed by atoms with Gasteiger partial charge in [-0.05, 0) is 19.3 Å². The van der Waals surface area contributed by atoms with Crippen LogP contribution in [-0.4, -0.2) is 30.7 Å². The molecule has 4 heteroatoms. The Morgan fingerprint density at radius 2 is 2.21 bits per heavy atom. The van der Waals surface area contributed by atoms with Crippen molar-refractivity contribution in [3.63, 3.8) is 0 Å². The van der Waals surface area contributed by atoms with E-state index in [4.69, 9.17) is 10.5 Å². The van der Waals surface area contributed by atoms with Gasteiger partial charge in [0.05, 0.1) is 18.2 Å². The van der Waals surface area contributed by atoms with Gasteiger partial charge in [0.25, 0.3) is 0 Å². The Morgan fingerprint density at radius 3 is 2.64 bits per heavy atom. The molecule has 0 aliphatic carbocycles. The maximum absolute atomic E-state index is 11.6. The zero-order valence-corrected chi connectivity index (χ0v) is 9.12. The Bertz CT molecular complexity index is 206. The second-order valence-electron chi connectivity index (χ2n) is 4.25. The second kappa shape index (κ2) is 4.75. The van der Waals surface area contributed by atoms with E-state index in [9.17, 15) is 4.79 Å². The molecule has 1 heterocycles. The third-order valence-corrected chi connectivity index (χ3v) is 2.72. The highest BCUT2D eigenvalue weighted by atomic mass is 16.5. The lowest BCUT2D eigenvalue weighted by Gasteiger charge is -2.20. The predicted molar refractivity (Wildman–Crippen MR) is 54.8 cm³/mol. The minimum atomic E-state index is -0.414. The van der Waals surface area contributed by atoms with Gasteiger partial charge in [0.1, 0.15) is 0 Å². The first kappa shape index (κ1) is 11.5. The second-order valence-corrected chi connectivity index (χ2v) is 4.25. The molecule has 1 rings (SSSR count). The number of ether oxygens (including phenoxy) is 1. The van der Waals surface area contributed by atoms with E-state index in [1.807, 2.05) is 20.8 Å². The number of rotatable bonds is 3. The average molecular weight is 200 g/mol. The molecule has 0 aromatic rings. The topological polar surface area (TPSA) is 64.3 Å². The standard InChI is InChI=1S/C10H20N2O2/c1-6(2)9(11)10(13)12-8-4-5-14-7(8)3/h6-9H,4-5,11H2,1-3H3,(H,12,13)/t7?,8?,9-/m0/s1. The van der Waals surface area contributed by atoms with Crippen LogP contribution in [-0.2, 0) is 9.53 Å². The van der Waals surface area contributed by atoms with E-state index in [1.165, 1.54) is 0 Å². The molecule has 82 valence electrons. The molecule has 1 aliphatic rings. The molecule has 1 amide bonds. The molecular formula is C10H20N2O2. The number of amides is 1. The van der Waals surface area contributed by atoms with Gasteiger partial charge in [-0.25, -0.2) is 0 Å². The third-order valence-electron chi connectivity index (χ3n) is 2.72. The van der Waals surface area contributed by atoms with E-state index in [0.717, 1.165) is 13.0 Å². The largest absolute Gasteiger partial charge is 0.376 e.